The summed E-state index contributed by atoms with van der Waals surface area (Å²) in [4.78, 5) is 15.6. The van der Waals surface area contributed by atoms with Crippen LogP contribution in [0.15, 0.2) is 54.1 Å². The number of carbonyl (C=O) groups is 1. The van der Waals surface area contributed by atoms with Gasteiger partial charge < -0.3 is 19.4 Å². The lowest BCUT2D eigenvalue weighted by Gasteiger charge is -2.32. The zero-order valence-electron chi connectivity index (χ0n) is 18.9. The molecule has 33 heavy (non-hydrogen) atoms. The van der Waals surface area contributed by atoms with E-state index in [1.807, 2.05) is 58.0 Å². The van der Waals surface area contributed by atoms with Crippen molar-refractivity contribution in [2.75, 3.05) is 6.54 Å². The van der Waals surface area contributed by atoms with Gasteiger partial charge in [0.25, 0.3) is 0 Å². The van der Waals surface area contributed by atoms with Crippen molar-refractivity contribution in [3.05, 3.63) is 71.0 Å². The molecule has 0 atom stereocenters. The van der Waals surface area contributed by atoms with Gasteiger partial charge in [-0.25, -0.2) is 4.79 Å². The molecule has 1 aromatic carbocycles. The number of halogens is 3. The first kappa shape index (κ1) is 24.8. The molecule has 1 aliphatic rings. The van der Waals surface area contributed by atoms with Crippen molar-refractivity contribution in [2.24, 2.45) is 0 Å². The van der Waals surface area contributed by atoms with Crippen LogP contribution in [0.3, 0.4) is 0 Å². The highest BCUT2D eigenvalue weighted by atomic mass is 19.4. The Morgan fingerprint density at radius 1 is 1.12 bits per heavy atom. The van der Waals surface area contributed by atoms with Crippen molar-refractivity contribution < 1.29 is 32.0 Å². The molecule has 1 N–H and O–H groups in total. The number of amides is 1. The highest BCUT2D eigenvalue weighted by molar-refractivity contribution is 6.56. The molecule has 0 aliphatic carbocycles. The lowest BCUT2D eigenvalue weighted by Crippen LogP contribution is -2.41. The summed E-state index contributed by atoms with van der Waals surface area (Å²) >= 11 is 0. The highest BCUT2D eigenvalue weighted by Gasteiger charge is 2.52. The number of nitrogens with zero attached hydrogens (tertiary/aromatic N) is 1. The number of hydrogen-bond donors (Lipinski definition) is 1. The first-order valence-electron chi connectivity index (χ1n) is 10.4. The third kappa shape index (κ3) is 6.36. The lowest BCUT2D eigenvalue weighted by atomic mass is 9.77. The van der Waals surface area contributed by atoms with Crippen LogP contribution in [0, 0.1) is 0 Å². The van der Waals surface area contributed by atoms with Gasteiger partial charge in [-0.15, -0.1) is 0 Å². The zero-order valence-corrected chi connectivity index (χ0v) is 18.9. The normalized spacial score (nSPS) is 17.7. The molecule has 0 radical (unpaired) electrons. The molecule has 6 nitrogen and oxygen atoms in total. The number of hydrogen-bond acceptors (Lipinski definition) is 5. The second-order valence-electron chi connectivity index (χ2n) is 8.69. The maximum Gasteiger partial charge on any atom is 0.492 e. The summed E-state index contributed by atoms with van der Waals surface area (Å²) in [6, 6.07) is 11.5. The quantitative estimate of drug-likeness (QED) is 0.610. The third-order valence-electron chi connectivity index (χ3n) is 5.63. The largest absolute Gasteiger partial charge is 0.492 e. The van der Waals surface area contributed by atoms with Crippen LogP contribution in [0.5, 0.6) is 0 Å². The Bertz CT molecular complexity index is 994. The van der Waals surface area contributed by atoms with E-state index in [0.29, 0.717) is 5.47 Å². The summed E-state index contributed by atoms with van der Waals surface area (Å²) in [5.41, 5.74) is -0.836. The minimum absolute atomic E-state index is 0.0475. The van der Waals surface area contributed by atoms with Crippen molar-refractivity contribution in [1.29, 1.82) is 0 Å². The van der Waals surface area contributed by atoms with Gasteiger partial charge >= 0.3 is 19.4 Å². The molecule has 2 heterocycles. The SMILES string of the molecule is CC1(C)OB(C(=Cc2ccnc(C(F)(F)F)c2)CNC(=O)OCc2ccccc2)OC1(C)C. The summed E-state index contributed by atoms with van der Waals surface area (Å²) in [6.45, 7) is 7.48. The van der Waals surface area contributed by atoms with Gasteiger partial charge in [-0.1, -0.05) is 36.4 Å². The summed E-state index contributed by atoms with van der Waals surface area (Å²) in [7, 11) is -0.869. The van der Waals surface area contributed by atoms with Gasteiger partial charge in [0.05, 0.1) is 11.2 Å². The fourth-order valence-corrected chi connectivity index (χ4v) is 3.05. The van der Waals surface area contributed by atoms with Crippen LogP contribution >= 0.6 is 0 Å². The Morgan fingerprint density at radius 2 is 1.76 bits per heavy atom. The molecule has 0 bridgehead atoms. The second kappa shape index (κ2) is 9.57. The summed E-state index contributed by atoms with van der Waals surface area (Å²) in [5.74, 6) is 0. The fraction of sp³-hybridized carbons (Fsp3) is 0.391. The molecule has 1 aliphatic heterocycles. The number of nitrogens with one attached hydrogen (secondary N) is 1. The minimum Gasteiger partial charge on any atom is -0.445 e. The Kier molecular flexibility index (Phi) is 7.19. The first-order chi connectivity index (χ1) is 15.4. The summed E-state index contributed by atoms with van der Waals surface area (Å²) in [6.07, 6.45) is -2.67. The standard InChI is InChI=1S/C23H26BF3N2O4/c1-21(2)22(3,4)33-24(32-21)18(12-17-10-11-28-19(13-17)23(25,26)27)14-29-20(30)31-15-16-8-6-5-7-9-16/h5-13H,14-15H2,1-4H3,(H,29,30). The maximum absolute atomic E-state index is 13.1. The molecule has 1 saturated heterocycles. The van der Waals surface area contributed by atoms with Gasteiger partial charge in [0.15, 0.2) is 0 Å². The predicted molar refractivity (Wildman–Crippen MR) is 118 cm³/mol. The van der Waals surface area contributed by atoms with E-state index < -0.39 is 36.3 Å². The van der Waals surface area contributed by atoms with Crippen molar-refractivity contribution in [3.63, 3.8) is 0 Å². The van der Waals surface area contributed by atoms with Gasteiger partial charge in [-0.05, 0) is 56.4 Å². The molecule has 1 fully saturated rings. The van der Waals surface area contributed by atoms with E-state index >= 15 is 0 Å². The monoisotopic (exact) mass is 462 g/mol. The van der Waals surface area contributed by atoms with E-state index in [1.165, 1.54) is 12.1 Å². The van der Waals surface area contributed by atoms with Crippen molar-refractivity contribution in [1.82, 2.24) is 10.3 Å². The Hall–Kier alpha value is -2.85. The van der Waals surface area contributed by atoms with E-state index in [-0.39, 0.29) is 18.7 Å². The number of aromatic nitrogens is 1. The molecule has 10 heteroatoms. The Labute approximate surface area is 191 Å². The smallest absolute Gasteiger partial charge is 0.445 e. The van der Waals surface area contributed by atoms with Gasteiger partial charge in [0, 0.05) is 12.7 Å². The molecule has 176 valence electrons. The van der Waals surface area contributed by atoms with Crippen molar-refractivity contribution in [3.8, 4) is 0 Å². The topological polar surface area (TPSA) is 69.7 Å². The number of carbonyl (C=O) groups excluding carboxylic acids is 1. The van der Waals surface area contributed by atoms with Gasteiger partial charge in [0.2, 0.25) is 0 Å². The second-order valence-corrected chi connectivity index (χ2v) is 8.69. The van der Waals surface area contributed by atoms with Gasteiger partial charge in [-0.2, -0.15) is 13.2 Å². The molecule has 0 unspecified atom stereocenters. The Morgan fingerprint density at radius 3 is 2.36 bits per heavy atom. The van der Waals surface area contributed by atoms with Crippen LogP contribution in [0.25, 0.3) is 6.08 Å². The number of rotatable bonds is 6. The number of alkyl halides is 3. The summed E-state index contributed by atoms with van der Waals surface area (Å²) in [5, 5.41) is 2.62. The number of ether oxygens (including phenoxy) is 1. The van der Waals surface area contributed by atoms with Crippen molar-refractivity contribution >= 4 is 19.3 Å². The number of benzene rings is 1. The minimum atomic E-state index is -4.58. The van der Waals surface area contributed by atoms with E-state index in [1.54, 1.807) is 0 Å². The van der Waals surface area contributed by atoms with E-state index in [9.17, 15) is 18.0 Å². The molecule has 0 spiro atoms. The van der Waals surface area contributed by atoms with Crippen LogP contribution in [-0.2, 0) is 26.8 Å². The molecule has 3 rings (SSSR count). The van der Waals surface area contributed by atoms with Crippen LogP contribution in [0.1, 0.15) is 44.5 Å². The number of alkyl carbamates (subject to hydrolysis) is 1. The van der Waals surface area contributed by atoms with Crippen LogP contribution < -0.4 is 5.32 Å². The first-order valence-corrected chi connectivity index (χ1v) is 10.4. The number of pyridine rings is 1. The third-order valence-corrected chi connectivity index (χ3v) is 5.63. The van der Waals surface area contributed by atoms with E-state index in [2.05, 4.69) is 10.3 Å². The Balaban J connectivity index is 1.78. The molecule has 2 aromatic rings. The van der Waals surface area contributed by atoms with Crippen LogP contribution in [-0.4, -0.2) is 35.9 Å². The molecule has 1 amide bonds. The highest BCUT2D eigenvalue weighted by Crippen LogP contribution is 2.39. The van der Waals surface area contributed by atoms with E-state index in [0.717, 1.165) is 17.8 Å². The summed E-state index contributed by atoms with van der Waals surface area (Å²) < 4.78 is 56.5. The van der Waals surface area contributed by atoms with Crippen molar-refractivity contribution in [2.45, 2.75) is 51.7 Å². The van der Waals surface area contributed by atoms with E-state index in [4.69, 9.17) is 14.0 Å². The average molecular weight is 462 g/mol. The lowest BCUT2D eigenvalue weighted by molar-refractivity contribution is -0.141. The molecule has 1 aromatic heterocycles. The van der Waals surface area contributed by atoms with Crippen LogP contribution in [0.2, 0.25) is 0 Å². The molecular weight excluding hydrogens is 436 g/mol. The van der Waals surface area contributed by atoms with Gasteiger partial charge in [-0.3, -0.25) is 4.98 Å². The molecular formula is C23H26BF3N2O4. The molecule has 0 saturated carbocycles. The average Bonchev–Trinajstić information content (AvgIpc) is 2.96. The van der Waals surface area contributed by atoms with Crippen LogP contribution in [0.4, 0.5) is 18.0 Å². The maximum atomic E-state index is 13.1. The predicted octanol–water partition coefficient (Wildman–Crippen LogP) is 5.04. The van der Waals surface area contributed by atoms with Gasteiger partial charge in [0.1, 0.15) is 12.3 Å². The fourth-order valence-electron chi connectivity index (χ4n) is 3.05. The zero-order chi connectivity index (χ0) is 24.3.